The lowest BCUT2D eigenvalue weighted by Crippen LogP contribution is -2.30. The van der Waals surface area contributed by atoms with Gasteiger partial charge in [0.2, 0.25) is 0 Å². The van der Waals surface area contributed by atoms with E-state index in [2.05, 4.69) is 74.5 Å². The molecule has 1 nitrogen and oxygen atoms in total. The number of aliphatic hydroxyl groups is 1. The maximum absolute atomic E-state index is 11.4. The number of allylic oxidation sites excluding steroid dienone is 1. The third-order valence-corrected chi connectivity index (χ3v) is 5.60. The molecular weight excluding hydrogens is 316 g/mol. The Balaban J connectivity index is 2.02. The van der Waals surface area contributed by atoms with Crippen LogP contribution in [0.15, 0.2) is 91.0 Å². The SMILES string of the molecule is CC1(C)[C@H](O)C(c2ccccc2)=C(c2ccccc2)[C@@H]1c1ccccc1. The van der Waals surface area contributed by atoms with Gasteiger partial charge in [-0.05, 0) is 27.8 Å². The zero-order chi connectivity index (χ0) is 18.1. The summed E-state index contributed by atoms with van der Waals surface area (Å²) >= 11 is 0. The molecule has 0 saturated carbocycles. The van der Waals surface area contributed by atoms with E-state index in [9.17, 15) is 5.11 Å². The molecule has 1 aliphatic rings. The van der Waals surface area contributed by atoms with Gasteiger partial charge in [0.05, 0.1) is 6.10 Å². The number of benzene rings is 3. The van der Waals surface area contributed by atoms with Crippen LogP contribution in [0.5, 0.6) is 0 Å². The molecule has 0 heterocycles. The smallest absolute Gasteiger partial charge is 0.0858 e. The summed E-state index contributed by atoms with van der Waals surface area (Å²) in [5.41, 5.74) is 5.53. The number of hydrogen-bond acceptors (Lipinski definition) is 1. The Morgan fingerprint density at radius 1 is 0.615 bits per heavy atom. The molecule has 2 atom stereocenters. The van der Waals surface area contributed by atoms with Gasteiger partial charge in [0.1, 0.15) is 0 Å². The van der Waals surface area contributed by atoms with Crippen molar-refractivity contribution in [1.82, 2.24) is 0 Å². The number of aliphatic hydroxyl groups excluding tert-OH is 1. The second-order valence-corrected chi connectivity index (χ2v) is 7.63. The number of hydrogen-bond donors (Lipinski definition) is 1. The summed E-state index contributed by atoms with van der Waals surface area (Å²) in [7, 11) is 0. The maximum atomic E-state index is 11.4. The van der Waals surface area contributed by atoms with Crippen molar-refractivity contribution in [2.24, 2.45) is 5.41 Å². The monoisotopic (exact) mass is 340 g/mol. The first-order valence-corrected chi connectivity index (χ1v) is 9.18. The quantitative estimate of drug-likeness (QED) is 0.640. The maximum Gasteiger partial charge on any atom is 0.0858 e. The van der Waals surface area contributed by atoms with E-state index in [1.807, 2.05) is 30.3 Å². The average molecular weight is 340 g/mol. The third kappa shape index (κ3) is 2.69. The Morgan fingerprint density at radius 2 is 1.04 bits per heavy atom. The van der Waals surface area contributed by atoms with Crippen molar-refractivity contribution in [2.45, 2.75) is 25.9 Å². The summed E-state index contributed by atoms with van der Waals surface area (Å²) in [6.45, 7) is 4.35. The molecule has 0 radical (unpaired) electrons. The Hall–Kier alpha value is -2.64. The van der Waals surface area contributed by atoms with Crippen LogP contribution in [0.25, 0.3) is 11.1 Å². The highest BCUT2D eigenvalue weighted by atomic mass is 16.3. The van der Waals surface area contributed by atoms with Crippen molar-refractivity contribution in [3.63, 3.8) is 0 Å². The second kappa shape index (κ2) is 6.59. The summed E-state index contributed by atoms with van der Waals surface area (Å²) in [6, 6.07) is 31.4. The van der Waals surface area contributed by atoms with Crippen LogP contribution < -0.4 is 0 Å². The van der Waals surface area contributed by atoms with E-state index in [0.29, 0.717) is 0 Å². The lowest BCUT2D eigenvalue weighted by molar-refractivity contribution is 0.101. The molecule has 130 valence electrons. The van der Waals surface area contributed by atoms with Gasteiger partial charge in [-0.3, -0.25) is 0 Å². The van der Waals surface area contributed by atoms with Gasteiger partial charge in [0, 0.05) is 11.3 Å². The molecule has 3 aromatic rings. The van der Waals surface area contributed by atoms with Crippen LogP contribution in [0, 0.1) is 5.41 Å². The van der Waals surface area contributed by atoms with E-state index in [4.69, 9.17) is 0 Å². The second-order valence-electron chi connectivity index (χ2n) is 7.63. The van der Waals surface area contributed by atoms with Crippen LogP contribution >= 0.6 is 0 Å². The van der Waals surface area contributed by atoms with Crippen molar-refractivity contribution in [1.29, 1.82) is 0 Å². The van der Waals surface area contributed by atoms with E-state index in [0.717, 1.165) is 11.1 Å². The normalized spacial score (nSPS) is 21.8. The molecule has 0 fully saturated rings. The van der Waals surface area contributed by atoms with Gasteiger partial charge in [-0.15, -0.1) is 0 Å². The van der Waals surface area contributed by atoms with E-state index in [1.165, 1.54) is 16.7 Å². The van der Waals surface area contributed by atoms with Gasteiger partial charge >= 0.3 is 0 Å². The van der Waals surface area contributed by atoms with E-state index in [1.54, 1.807) is 0 Å². The molecule has 3 aromatic carbocycles. The van der Waals surface area contributed by atoms with Gasteiger partial charge in [-0.1, -0.05) is 105 Å². The topological polar surface area (TPSA) is 20.2 Å². The third-order valence-electron chi connectivity index (χ3n) is 5.60. The summed E-state index contributed by atoms with van der Waals surface area (Å²) < 4.78 is 0. The first-order valence-electron chi connectivity index (χ1n) is 9.18. The van der Waals surface area contributed by atoms with Crippen LogP contribution in [0.4, 0.5) is 0 Å². The molecule has 0 spiro atoms. The van der Waals surface area contributed by atoms with Gasteiger partial charge in [0.25, 0.3) is 0 Å². The lowest BCUT2D eigenvalue weighted by atomic mass is 9.72. The molecular formula is C25H24O. The molecule has 0 amide bonds. The summed E-state index contributed by atoms with van der Waals surface area (Å²) in [4.78, 5) is 0. The van der Waals surface area contributed by atoms with Crippen molar-refractivity contribution in [2.75, 3.05) is 0 Å². The minimum Gasteiger partial charge on any atom is -0.388 e. The Morgan fingerprint density at radius 3 is 1.54 bits per heavy atom. The standard InChI is InChI=1S/C25H24O/c1-25(2)23(20-16-10-5-11-17-20)21(18-12-6-3-7-13-18)22(24(25)26)19-14-8-4-9-15-19/h3-17,23-24,26H,1-2H3/t23-,24+/m0/s1. The fourth-order valence-corrected chi connectivity index (χ4v) is 4.32. The molecule has 0 bridgehead atoms. The molecule has 0 unspecified atom stereocenters. The molecule has 1 aliphatic carbocycles. The largest absolute Gasteiger partial charge is 0.388 e. The van der Waals surface area contributed by atoms with E-state index < -0.39 is 6.10 Å². The molecule has 0 saturated heterocycles. The van der Waals surface area contributed by atoms with Gasteiger partial charge in [0.15, 0.2) is 0 Å². The summed E-state index contributed by atoms with van der Waals surface area (Å²) in [5.74, 6) is 0.135. The van der Waals surface area contributed by atoms with Gasteiger partial charge in [-0.25, -0.2) is 0 Å². The Labute approximate surface area is 155 Å². The van der Waals surface area contributed by atoms with Crippen LogP contribution in [-0.2, 0) is 0 Å². The molecule has 1 heteroatoms. The van der Waals surface area contributed by atoms with Crippen LogP contribution in [0.2, 0.25) is 0 Å². The van der Waals surface area contributed by atoms with Gasteiger partial charge < -0.3 is 5.11 Å². The zero-order valence-corrected chi connectivity index (χ0v) is 15.3. The zero-order valence-electron chi connectivity index (χ0n) is 15.3. The number of rotatable bonds is 3. The average Bonchev–Trinajstić information content (AvgIpc) is 2.90. The van der Waals surface area contributed by atoms with Crippen LogP contribution in [0.1, 0.15) is 36.5 Å². The molecule has 0 aliphatic heterocycles. The van der Waals surface area contributed by atoms with Crippen molar-refractivity contribution >= 4 is 11.1 Å². The summed E-state index contributed by atoms with van der Waals surface area (Å²) in [5, 5.41) is 11.4. The summed E-state index contributed by atoms with van der Waals surface area (Å²) in [6.07, 6.45) is -0.523. The lowest BCUT2D eigenvalue weighted by Gasteiger charge is -2.33. The van der Waals surface area contributed by atoms with E-state index in [-0.39, 0.29) is 11.3 Å². The minimum absolute atomic E-state index is 0.135. The predicted molar refractivity (Wildman–Crippen MR) is 109 cm³/mol. The highest BCUT2D eigenvalue weighted by Crippen LogP contribution is 2.58. The van der Waals surface area contributed by atoms with Gasteiger partial charge in [-0.2, -0.15) is 0 Å². The van der Waals surface area contributed by atoms with E-state index >= 15 is 0 Å². The van der Waals surface area contributed by atoms with Crippen LogP contribution in [0.3, 0.4) is 0 Å². The molecule has 0 aromatic heterocycles. The molecule has 26 heavy (non-hydrogen) atoms. The Bertz CT molecular complexity index is 908. The fraction of sp³-hybridized carbons (Fsp3) is 0.200. The van der Waals surface area contributed by atoms with Crippen LogP contribution in [-0.4, -0.2) is 11.2 Å². The van der Waals surface area contributed by atoms with Crippen molar-refractivity contribution < 1.29 is 5.11 Å². The first kappa shape index (κ1) is 16.8. The predicted octanol–water partition coefficient (Wildman–Crippen LogP) is 5.78. The molecule has 4 rings (SSSR count). The van der Waals surface area contributed by atoms with Crippen molar-refractivity contribution in [3.05, 3.63) is 108 Å². The highest BCUT2D eigenvalue weighted by Gasteiger charge is 2.49. The molecule has 1 N–H and O–H groups in total. The van der Waals surface area contributed by atoms with Crippen molar-refractivity contribution in [3.8, 4) is 0 Å². The Kier molecular flexibility index (Phi) is 4.26. The first-order chi connectivity index (χ1) is 12.6. The fourth-order valence-electron chi connectivity index (χ4n) is 4.32. The minimum atomic E-state index is -0.523. The highest BCUT2D eigenvalue weighted by molar-refractivity contribution is 5.99.